The molecule has 1 atom stereocenters. The lowest BCUT2D eigenvalue weighted by Crippen LogP contribution is -2.40. The van der Waals surface area contributed by atoms with Crippen LogP contribution in [0, 0.1) is 0 Å². The first kappa shape index (κ1) is 20.4. The number of carbonyl (C=O) groups is 2. The van der Waals surface area contributed by atoms with Crippen LogP contribution in [0.2, 0.25) is 0 Å². The highest BCUT2D eigenvalue weighted by Gasteiger charge is 2.25. The maximum Gasteiger partial charge on any atom is 0.245 e. The van der Waals surface area contributed by atoms with Crippen LogP contribution in [0.4, 0.5) is 5.13 Å². The van der Waals surface area contributed by atoms with Gasteiger partial charge in [-0.15, -0.1) is 22.9 Å². The molecule has 2 amide bonds. The molecule has 0 unspecified atom stereocenters. The summed E-state index contributed by atoms with van der Waals surface area (Å²) in [5, 5.41) is 4.23. The van der Waals surface area contributed by atoms with E-state index in [1.165, 1.54) is 11.3 Å². The Bertz CT molecular complexity index is 679. The van der Waals surface area contributed by atoms with Gasteiger partial charge >= 0.3 is 0 Å². The first-order chi connectivity index (χ1) is 12.6. The smallest absolute Gasteiger partial charge is 0.245 e. The average molecular weight is 394 g/mol. The van der Waals surface area contributed by atoms with E-state index in [9.17, 15) is 9.59 Å². The zero-order chi connectivity index (χ0) is 18.8. The highest BCUT2D eigenvalue weighted by molar-refractivity contribution is 7.13. The van der Waals surface area contributed by atoms with Crippen LogP contribution in [-0.4, -0.2) is 34.8 Å². The molecule has 0 aliphatic carbocycles. The van der Waals surface area contributed by atoms with Gasteiger partial charge in [-0.25, -0.2) is 4.98 Å². The Hall–Kier alpha value is -1.92. The topological polar surface area (TPSA) is 62.3 Å². The molecule has 1 heterocycles. The molecule has 0 saturated heterocycles. The number of amides is 2. The number of halogens is 1. The fourth-order valence-corrected chi connectivity index (χ4v) is 3.37. The zero-order valence-corrected chi connectivity index (χ0v) is 16.4. The first-order valence-electron chi connectivity index (χ1n) is 8.79. The van der Waals surface area contributed by atoms with Gasteiger partial charge < -0.3 is 10.2 Å². The first-order valence-corrected chi connectivity index (χ1v) is 10.1. The summed E-state index contributed by atoms with van der Waals surface area (Å²) in [6.45, 7) is 2.62. The zero-order valence-electron chi connectivity index (χ0n) is 14.9. The molecule has 0 radical (unpaired) electrons. The molecule has 7 heteroatoms. The van der Waals surface area contributed by atoms with Crippen LogP contribution in [-0.2, 0) is 9.59 Å². The third kappa shape index (κ3) is 6.42. The summed E-state index contributed by atoms with van der Waals surface area (Å²) in [6, 6.07) is 9.21. The van der Waals surface area contributed by atoms with Gasteiger partial charge in [-0.3, -0.25) is 9.59 Å². The minimum atomic E-state index is -0.796. The minimum Gasteiger partial charge on any atom is -0.332 e. The Balaban J connectivity index is 2.01. The van der Waals surface area contributed by atoms with Crippen molar-refractivity contribution in [2.24, 2.45) is 0 Å². The van der Waals surface area contributed by atoms with Crippen molar-refractivity contribution in [3.63, 3.8) is 0 Å². The van der Waals surface area contributed by atoms with Gasteiger partial charge in [0.2, 0.25) is 11.8 Å². The highest BCUT2D eigenvalue weighted by Crippen LogP contribution is 2.23. The molecule has 1 aromatic carbocycles. The lowest BCUT2D eigenvalue weighted by Gasteiger charge is -2.24. The molecule has 2 aromatic rings. The highest BCUT2D eigenvalue weighted by atomic mass is 35.5. The number of unbranched alkanes of at least 4 members (excludes halogenated alkanes) is 3. The molecule has 0 saturated carbocycles. The van der Waals surface area contributed by atoms with Crippen LogP contribution < -0.4 is 5.32 Å². The van der Waals surface area contributed by atoms with Crippen LogP contribution in [0.1, 0.15) is 43.5 Å². The number of carbonyl (C=O) groups excluding carboxylic acids is 2. The number of alkyl halides is 1. The number of aromatic nitrogens is 1. The summed E-state index contributed by atoms with van der Waals surface area (Å²) in [5.74, 6) is -0.510. The Kier molecular flexibility index (Phi) is 8.58. The number of nitrogens with one attached hydrogen (secondary N) is 1. The van der Waals surface area contributed by atoms with Crippen molar-refractivity contribution < 1.29 is 9.59 Å². The second-order valence-corrected chi connectivity index (χ2v) is 7.31. The van der Waals surface area contributed by atoms with Crippen LogP contribution >= 0.6 is 22.9 Å². The van der Waals surface area contributed by atoms with Gasteiger partial charge in [-0.1, -0.05) is 56.5 Å². The van der Waals surface area contributed by atoms with E-state index in [0.29, 0.717) is 11.7 Å². The molecule has 1 aromatic heterocycles. The molecule has 0 spiro atoms. The molecule has 0 fully saturated rings. The molecule has 0 aliphatic heterocycles. The van der Waals surface area contributed by atoms with Crippen LogP contribution in [0.5, 0.6) is 0 Å². The number of hydrogen-bond acceptors (Lipinski definition) is 4. The molecular weight excluding hydrogens is 370 g/mol. The van der Waals surface area contributed by atoms with Gasteiger partial charge in [0.1, 0.15) is 5.38 Å². The molecule has 26 heavy (non-hydrogen) atoms. The number of hydrogen-bond donors (Lipinski definition) is 1. The summed E-state index contributed by atoms with van der Waals surface area (Å²) in [5.41, 5.74) is 0.734. The standard InChI is InChI=1S/C19H24ClN3O2S/c1-2-3-4-8-12-23(14-16(24)22-19-21-11-13-26-19)18(25)17(20)15-9-6-5-7-10-15/h5-7,9-11,13,17H,2-4,8,12,14H2,1H3,(H,21,22,24)/t17-/m1/s1. The third-order valence-electron chi connectivity index (χ3n) is 3.92. The van der Waals surface area contributed by atoms with E-state index in [1.807, 2.05) is 30.3 Å². The number of thiazole rings is 1. The van der Waals surface area contributed by atoms with E-state index < -0.39 is 5.38 Å². The van der Waals surface area contributed by atoms with Crippen molar-refractivity contribution in [1.82, 2.24) is 9.88 Å². The van der Waals surface area contributed by atoms with Crippen molar-refractivity contribution in [1.29, 1.82) is 0 Å². The van der Waals surface area contributed by atoms with Crippen molar-refractivity contribution in [3.05, 3.63) is 47.5 Å². The lowest BCUT2D eigenvalue weighted by atomic mass is 10.1. The molecule has 1 N–H and O–H groups in total. The van der Waals surface area contributed by atoms with Crippen LogP contribution in [0.15, 0.2) is 41.9 Å². The van der Waals surface area contributed by atoms with E-state index in [0.717, 1.165) is 31.2 Å². The van der Waals surface area contributed by atoms with Gasteiger partial charge in [0, 0.05) is 18.1 Å². The lowest BCUT2D eigenvalue weighted by molar-refractivity contribution is -0.134. The van der Waals surface area contributed by atoms with Gasteiger partial charge in [0.05, 0.1) is 6.54 Å². The summed E-state index contributed by atoms with van der Waals surface area (Å²) >= 11 is 7.73. The minimum absolute atomic E-state index is 0.0272. The second kappa shape index (κ2) is 10.9. The maximum absolute atomic E-state index is 12.8. The van der Waals surface area contributed by atoms with E-state index in [4.69, 9.17) is 11.6 Å². The summed E-state index contributed by atoms with van der Waals surface area (Å²) < 4.78 is 0. The van der Waals surface area contributed by atoms with E-state index in [1.54, 1.807) is 16.5 Å². The molecular formula is C19H24ClN3O2S. The Labute approximate surface area is 163 Å². The number of benzene rings is 1. The number of nitrogens with zero attached hydrogens (tertiary/aromatic N) is 2. The van der Waals surface area contributed by atoms with Gasteiger partial charge in [-0.2, -0.15) is 0 Å². The Morgan fingerprint density at radius 2 is 2.00 bits per heavy atom. The SMILES string of the molecule is CCCCCCN(CC(=O)Nc1nccs1)C(=O)[C@H](Cl)c1ccccc1. The van der Waals surface area contributed by atoms with E-state index >= 15 is 0 Å². The normalized spacial score (nSPS) is 11.8. The Morgan fingerprint density at radius 3 is 2.65 bits per heavy atom. The van der Waals surface area contributed by atoms with Crippen LogP contribution in [0.25, 0.3) is 0 Å². The molecule has 0 bridgehead atoms. The summed E-state index contributed by atoms with van der Waals surface area (Å²) in [7, 11) is 0. The van der Waals surface area contributed by atoms with Crippen molar-refractivity contribution in [2.75, 3.05) is 18.4 Å². The van der Waals surface area contributed by atoms with Gasteiger partial charge in [0.25, 0.3) is 0 Å². The Morgan fingerprint density at radius 1 is 1.23 bits per heavy atom. The molecule has 140 valence electrons. The summed E-state index contributed by atoms with van der Waals surface area (Å²) in [4.78, 5) is 30.7. The average Bonchev–Trinajstić information content (AvgIpc) is 3.16. The quantitative estimate of drug-likeness (QED) is 0.478. The number of rotatable bonds is 10. The third-order valence-corrected chi connectivity index (χ3v) is 5.04. The van der Waals surface area contributed by atoms with Gasteiger partial charge in [0.15, 0.2) is 5.13 Å². The van der Waals surface area contributed by atoms with Crippen molar-refractivity contribution in [2.45, 2.75) is 38.0 Å². The largest absolute Gasteiger partial charge is 0.332 e. The number of anilines is 1. The predicted molar refractivity (Wildman–Crippen MR) is 107 cm³/mol. The van der Waals surface area contributed by atoms with Crippen molar-refractivity contribution >= 4 is 39.9 Å². The molecule has 0 aliphatic rings. The second-order valence-electron chi connectivity index (χ2n) is 5.98. The van der Waals surface area contributed by atoms with Crippen LogP contribution in [0.3, 0.4) is 0 Å². The van der Waals surface area contributed by atoms with Crippen molar-refractivity contribution in [3.8, 4) is 0 Å². The monoisotopic (exact) mass is 393 g/mol. The van der Waals surface area contributed by atoms with E-state index in [-0.39, 0.29) is 18.4 Å². The maximum atomic E-state index is 12.8. The summed E-state index contributed by atoms with van der Waals surface area (Å²) in [6.07, 6.45) is 5.71. The predicted octanol–water partition coefficient (Wildman–Crippen LogP) is 4.47. The fraction of sp³-hybridized carbons (Fsp3) is 0.421. The van der Waals surface area contributed by atoms with Gasteiger partial charge in [-0.05, 0) is 12.0 Å². The molecule has 5 nitrogen and oxygen atoms in total. The molecule has 2 rings (SSSR count). The fourth-order valence-electron chi connectivity index (χ4n) is 2.54. The van der Waals surface area contributed by atoms with E-state index in [2.05, 4.69) is 17.2 Å².